The van der Waals surface area contributed by atoms with Crippen LogP contribution in [0.15, 0.2) is 43.0 Å². The first-order valence-electron chi connectivity index (χ1n) is 11.7. The maximum absolute atomic E-state index is 13.3. The van der Waals surface area contributed by atoms with Gasteiger partial charge in [-0.1, -0.05) is 6.07 Å². The highest BCUT2D eigenvalue weighted by atomic mass is 19.4. The van der Waals surface area contributed by atoms with Crippen LogP contribution < -0.4 is 10.6 Å². The van der Waals surface area contributed by atoms with Gasteiger partial charge < -0.3 is 20.5 Å². The summed E-state index contributed by atoms with van der Waals surface area (Å²) >= 11 is 0. The second kappa shape index (κ2) is 9.67. The molecule has 0 spiro atoms. The molecule has 5 heterocycles. The Morgan fingerprint density at radius 2 is 2.03 bits per heavy atom. The van der Waals surface area contributed by atoms with Crippen LogP contribution in [0.1, 0.15) is 36.1 Å². The van der Waals surface area contributed by atoms with Gasteiger partial charge in [-0.3, -0.25) is 0 Å². The number of likely N-dealkylation sites (tertiary alicyclic amines) is 1. The summed E-state index contributed by atoms with van der Waals surface area (Å²) in [6.07, 6.45) is 1.90. The summed E-state index contributed by atoms with van der Waals surface area (Å²) in [7, 11) is 2.09. The molecule has 4 aromatic rings. The molecule has 0 aromatic carbocycles. The summed E-state index contributed by atoms with van der Waals surface area (Å²) in [5.41, 5.74) is 0.945. The molecular weight excluding hydrogens is 483 g/mol. The van der Waals surface area contributed by atoms with E-state index in [0.717, 1.165) is 43.2 Å². The highest BCUT2D eigenvalue weighted by Gasteiger charge is 2.31. The number of nitriles is 1. The lowest BCUT2D eigenvalue weighted by Gasteiger charge is -2.17. The Kier molecular flexibility index (Phi) is 6.39. The van der Waals surface area contributed by atoms with Crippen molar-refractivity contribution in [1.29, 1.82) is 5.26 Å². The maximum Gasteiger partial charge on any atom is 0.417 e. The number of likely N-dealkylation sites (N-methyl/N-ethyl adjacent to an activating group) is 1. The average molecular weight is 508 g/mol. The van der Waals surface area contributed by atoms with Crippen LogP contribution in [0.3, 0.4) is 0 Å². The van der Waals surface area contributed by atoms with Crippen LogP contribution >= 0.6 is 0 Å². The van der Waals surface area contributed by atoms with Crippen molar-refractivity contribution in [2.24, 2.45) is 0 Å². The van der Waals surface area contributed by atoms with Crippen molar-refractivity contribution < 1.29 is 13.2 Å². The van der Waals surface area contributed by atoms with Crippen molar-refractivity contribution in [1.82, 2.24) is 29.8 Å². The molecule has 4 aromatic heterocycles. The van der Waals surface area contributed by atoms with Gasteiger partial charge in [-0.25, -0.2) is 19.9 Å². The third-order valence-corrected chi connectivity index (χ3v) is 6.40. The normalized spacial score (nSPS) is 17.0. The lowest BCUT2D eigenvalue weighted by molar-refractivity contribution is -0.137. The number of hydrogen-bond donors (Lipinski definition) is 3. The van der Waals surface area contributed by atoms with Crippen LogP contribution in [0.5, 0.6) is 0 Å². The van der Waals surface area contributed by atoms with Crippen molar-refractivity contribution >= 4 is 22.8 Å². The SMILES string of the molecule is CC(Nc1ncc(C#N)c(-c2c[nH]c3ncc(C(F)(F)F)cc23)n1)c1ccc(N[C@H]2CCN(C)C2)nc1. The molecule has 1 aliphatic heterocycles. The Morgan fingerprint density at radius 3 is 2.70 bits per heavy atom. The molecule has 1 unspecified atom stereocenters. The van der Waals surface area contributed by atoms with Gasteiger partial charge in [0.1, 0.15) is 17.5 Å². The summed E-state index contributed by atoms with van der Waals surface area (Å²) in [4.78, 5) is 22.2. The molecule has 0 saturated carbocycles. The average Bonchev–Trinajstić information content (AvgIpc) is 3.49. The van der Waals surface area contributed by atoms with Gasteiger partial charge in [-0.15, -0.1) is 0 Å². The van der Waals surface area contributed by atoms with Gasteiger partial charge in [0.05, 0.1) is 29.1 Å². The number of nitrogens with one attached hydrogen (secondary N) is 3. The molecule has 0 aliphatic carbocycles. The van der Waals surface area contributed by atoms with E-state index >= 15 is 0 Å². The number of anilines is 2. The van der Waals surface area contributed by atoms with Crippen molar-refractivity contribution in [3.05, 3.63) is 59.7 Å². The summed E-state index contributed by atoms with van der Waals surface area (Å²) in [6, 6.07) is 7.05. The van der Waals surface area contributed by atoms with Gasteiger partial charge in [0, 0.05) is 42.1 Å². The molecule has 0 amide bonds. The van der Waals surface area contributed by atoms with Gasteiger partial charge in [0.2, 0.25) is 5.95 Å². The number of fused-ring (bicyclic) bond motifs is 1. The number of hydrogen-bond acceptors (Lipinski definition) is 8. The summed E-state index contributed by atoms with van der Waals surface area (Å²) in [5, 5.41) is 16.4. The maximum atomic E-state index is 13.3. The Morgan fingerprint density at radius 1 is 1.19 bits per heavy atom. The lowest BCUT2D eigenvalue weighted by atomic mass is 10.1. The number of rotatable bonds is 6. The van der Waals surface area contributed by atoms with Crippen LogP contribution in [0.4, 0.5) is 24.9 Å². The Hall–Kier alpha value is -4.24. The molecule has 1 aliphatic rings. The summed E-state index contributed by atoms with van der Waals surface area (Å²) < 4.78 is 39.8. The Balaban J connectivity index is 1.38. The predicted molar refractivity (Wildman–Crippen MR) is 133 cm³/mol. The third kappa shape index (κ3) is 5.17. The number of H-pyrrole nitrogens is 1. The molecule has 5 rings (SSSR count). The van der Waals surface area contributed by atoms with Gasteiger partial charge in [0.15, 0.2) is 0 Å². The summed E-state index contributed by atoms with van der Waals surface area (Å²) in [5.74, 6) is 1.03. The molecule has 2 atom stereocenters. The third-order valence-electron chi connectivity index (χ3n) is 6.40. The standard InChI is InChI=1S/C25H24F3N9/c1-14(15-3-4-21(30-9-15)35-18-5-6-37(2)13-18)34-24-33-10-16(8-29)22(36-24)20-12-32-23-19(20)7-17(11-31-23)25(26,27)28/h3-4,7,9-12,14,18H,5-6,13H2,1-2H3,(H,30,35)(H,31,32)(H,33,34,36)/t14?,18-/m0/s1. The lowest BCUT2D eigenvalue weighted by Crippen LogP contribution is -2.24. The number of pyridine rings is 2. The molecule has 12 heteroatoms. The molecule has 9 nitrogen and oxygen atoms in total. The van der Waals surface area contributed by atoms with Crippen LogP contribution in [0.2, 0.25) is 0 Å². The van der Waals surface area contributed by atoms with Crippen molar-refractivity contribution in [2.45, 2.75) is 31.6 Å². The molecule has 1 fully saturated rings. The van der Waals surface area contributed by atoms with Crippen LogP contribution in [0, 0.1) is 11.3 Å². The minimum Gasteiger partial charge on any atom is -0.366 e. The molecule has 190 valence electrons. The number of alkyl halides is 3. The van der Waals surface area contributed by atoms with Crippen molar-refractivity contribution in [3.8, 4) is 17.3 Å². The minimum absolute atomic E-state index is 0.131. The zero-order valence-corrected chi connectivity index (χ0v) is 20.1. The molecule has 0 radical (unpaired) electrons. The quantitative estimate of drug-likeness (QED) is 0.347. The molecular formula is C25H24F3N9. The second-order valence-electron chi connectivity index (χ2n) is 9.12. The van der Waals surface area contributed by atoms with Crippen LogP contribution in [-0.2, 0) is 6.18 Å². The molecule has 37 heavy (non-hydrogen) atoms. The molecule has 0 bridgehead atoms. The van der Waals surface area contributed by atoms with E-state index in [9.17, 15) is 18.4 Å². The van der Waals surface area contributed by atoms with Gasteiger partial charge >= 0.3 is 6.18 Å². The first-order valence-corrected chi connectivity index (χ1v) is 11.7. The zero-order valence-electron chi connectivity index (χ0n) is 20.1. The summed E-state index contributed by atoms with van der Waals surface area (Å²) in [6.45, 7) is 3.95. The van der Waals surface area contributed by atoms with Gasteiger partial charge in [0.25, 0.3) is 0 Å². The number of nitrogens with zero attached hydrogens (tertiary/aromatic N) is 6. The predicted octanol–water partition coefficient (Wildman–Crippen LogP) is 4.59. The number of aromatic amines is 1. The fraction of sp³-hybridized carbons (Fsp3) is 0.320. The number of halogens is 3. The monoisotopic (exact) mass is 507 g/mol. The fourth-order valence-electron chi connectivity index (χ4n) is 4.38. The van der Waals surface area contributed by atoms with E-state index < -0.39 is 11.7 Å². The van der Waals surface area contributed by atoms with Crippen molar-refractivity contribution in [2.75, 3.05) is 30.8 Å². The number of aromatic nitrogens is 5. The molecule has 1 saturated heterocycles. The topological polar surface area (TPSA) is 118 Å². The van der Waals surface area contributed by atoms with E-state index in [-0.39, 0.29) is 34.3 Å². The van der Waals surface area contributed by atoms with E-state index in [1.54, 1.807) is 6.20 Å². The molecule has 3 N–H and O–H groups in total. The Bertz CT molecular complexity index is 1460. The van der Waals surface area contributed by atoms with Crippen molar-refractivity contribution in [3.63, 3.8) is 0 Å². The smallest absolute Gasteiger partial charge is 0.366 e. The van der Waals surface area contributed by atoms with Crippen LogP contribution in [0.25, 0.3) is 22.3 Å². The second-order valence-corrected chi connectivity index (χ2v) is 9.12. The van der Waals surface area contributed by atoms with E-state index in [2.05, 4.69) is 47.5 Å². The van der Waals surface area contributed by atoms with E-state index in [0.29, 0.717) is 11.6 Å². The first-order chi connectivity index (χ1) is 17.7. The largest absolute Gasteiger partial charge is 0.417 e. The highest BCUT2D eigenvalue weighted by molar-refractivity contribution is 5.94. The first kappa shape index (κ1) is 24.5. The highest BCUT2D eigenvalue weighted by Crippen LogP contribution is 2.35. The van der Waals surface area contributed by atoms with E-state index in [1.165, 1.54) is 12.4 Å². The van der Waals surface area contributed by atoms with E-state index in [1.807, 2.05) is 25.1 Å². The van der Waals surface area contributed by atoms with E-state index in [4.69, 9.17) is 0 Å². The minimum atomic E-state index is -4.55. The fourth-order valence-corrected chi connectivity index (χ4v) is 4.38. The zero-order chi connectivity index (χ0) is 26.2. The van der Waals surface area contributed by atoms with Crippen LogP contribution in [-0.4, -0.2) is 56.0 Å². The van der Waals surface area contributed by atoms with Gasteiger partial charge in [-0.05, 0) is 44.6 Å². The van der Waals surface area contributed by atoms with Gasteiger partial charge in [-0.2, -0.15) is 18.4 Å². The Labute approximate surface area is 210 Å².